The molecule has 3 N–H and O–H groups in total. The predicted octanol–water partition coefficient (Wildman–Crippen LogP) is -0.844. The number of hydrogen-bond donors (Lipinski definition) is 2. The average molecular weight is 171 g/mol. The highest BCUT2D eigenvalue weighted by atomic mass is 16.1. The Hall–Kier alpha value is -0.610. The molecule has 0 aromatic rings. The van der Waals surface area contributed by atoms with Gasteiger partial charge in [-0.15, -0.1) is 0 Å². The number of primary amides is 1. The number of carbonyl (C=O) groups is 1. The smallest absolute Gasteiger partial charge is 0.231 e. The van der Waals surface area contributed by atoms with Crippen LogP contribution in [0.15, 0.2) is 0 Å². The first kappa shape index (κ1) is 9.48. The third-order valence-electron chi connectivity index (χ3n) is 2.29. The molecule has 0 aromatic heterocycles. The van der Waals surface area contributed by atoms with Crippen molar-refractivity contribution in [3.05, 3.63) is 0 Å². The quantitative estimate of drug-likeness (QED) is 0.582. The summed E-state index contributed by atoms with van der Waals surface area (Å²) in [5.41, 5.74) is 5.11. The maximum atomic E-state index is 10.6. The molecule has 4 heteroatoms. The monoisotopic (exact) mass is 171 g/mol. The number of amides is 1. The Bertz CT molecular complexity index is 160. The third-order valence-corrected chi connectivity index (χ3v) is 2.29. The molecule has 0 aliphatic carbocycles. The topological polar surface area (TPSA) is 58.4 Å². The van der Waals surface area contributed by atoms with E-state index in [9.17, 15) is 4.79 Å². The molecule has 1 atom stereocenters. The molecule has 1 aliphatic heterocycles. The summed E-state index contributed by atoms with van der Waals surface area (Å²) in [4.78, 5) is 12.7. The molecule has 1 rings (SSSR count). The maximum Gasteiger partial charge on any atom is 0.231 e. The number of rotatable bonds is 3. The Labute approximate surface area is 73.1 Å². The van der Waals surface area contributed by atoms with Gasteiger partial charge in [0.05, 0.1) is 6.54 Å². The van der Waals surface area contributed by atoms with Crippen LogP contribution >= 0.6 is 0 Å². The molecule has 0 radical (unpaired) electrons. The van der Waals surface area contributed by atoms with Crippen molar-refractivity contribution in [1.82, 2.24) is 10.2 Å². The summed E-state index contributed by atoms with van der Waals surface area (Å²) >= 11 is 0. The molecule has 1 aliphatic rings. The summed E-state index contributed by atoms with van der Waals surface area (Å²) in [6.07, 6.45) is 2.35. The predicted molar refractivity (Wildman–Crippen MR) is 47.7 cm³/mol. The number of likely N-dealkylation sites (N-methyl/N-ethyl adjacent to an activating group) is 1. The van der Waals surface area contributed by atoms with E-state index < -0.39 is 0 Å². The van der Waals surface area contributed by atoms with E-state index in [2.05, 4.69) is 10.2 Å². The van der Waals surface area contributed by atoms with Crippen LogP contribution < -0.4 is 11.1 Å². The Kier molecular flexibility index (Phi) is 3.49. The fourth-order valence-corrected chi connectivity index (χ4v) is 1.66. The number of nitrogens with two attached hydrogens (primary N) is 1. The van der Waals surface area contributed by atoms with Gasteiger partial charge in [-0.25, -0.2) is 0 Å². The second kappa shape index (κ2) is 4.42. The molecule has 1 saturated heterocycles. The summed E-state index contributed by atoms with van der Waals surface area (Å²) in [6.45, 7) is 2.35. The van der Waals surface area contributed by atoms with Crippen LogP contribution in [0.2, 0.25) is 0 Å². The minimum absolute atomic E-state index is 0.230. The van der Waals surface area contributed by atoms with Crippen molar-refractivity contribution in [2.24, 2.45) is 5.73 Å². The third kappa shape index (κ3) is 2.79. The molecule has 4 nitrogen and oxygen atoms in total. The van der Waals surface area contributed by atoms with Gasteiger partial charge in [0.15, 0.2) is 0 Å². The number of hydrogen-bond acceptors (Lipinski definition) is 3. The molecule has 1 amide bonds. The zero-order valence-electron chi connectivity index (χ0n) is 7.55. The van der Waals surface area contributed by atoms with E-state index in [0.29, 0.717) is 12.6 Å². The van der Waals surface area contributed by atoms with Crippen molar-refractivity contribution >= 4 is 5.91 Å². The largest absolute Gasteiger partial charge is 0.369 e. The molecule has 0 aromatic carbocycles. The van der Waals surface area contributed by atoms with E-state index in [0.717, 1.165) is 19.5 Å². The summed E-state index contributed by atoms with van der Waals surface area (Å²) in [5.74, 6) is -0.230. The SMILES string of the molecule is CNC1CCCN(CC(N)=O)C1. The Morgan fingerprint density at radius 2 is 2.50 bits per heavy atom. The van der Waals surface area contributed by atoms with Crippen LogP contribution in [0.4, 0.5) is 0 Å². The fraction of sp³-hybridized carbons (Fsp3) is 0.875. The molecular formula is C8H17N3O. The van der Waals surface area contributed by atoms with Crippen LogP contribution in [0.25, 0.3) is 0 Å². The Morgan fingerprint density at radius 3 is 3.08 bits per heavy atom. The number of nitrogens with one attached hydrogen (secondary N) is 1. The van der Waals surface area contributed by atoms with Gasteiger partial charge < -0.3 is 11.1 Å². The zero-order chi connectivity index (χ0) is 8.97. The molecule has 1 unspecified atom stereocenters. The summed E-state index contributed by atoms with van der Waals surface area (Å²) in [5, 5.41) is 3.21. The van der Waals surface area contributed by atoms with Crippen molar-refractivity contribution in [1.29, 1.82) is 0 Å². The van der Waals surface area contributed by atoms with Crippen LogP contribution in [0.5, 0.6) is 0 Å². The van der Waals surface area contributed by atoms with Crippen molar-refractivity contribution in [2.45, 2.75) is 18.9 Å². The molecular weight excluding hydrogens is 154 g/mol. The van der Waals surface area contributed by atoms with Gasteiger partial charge >= 0.3 is 0 Å². The van der Waals surface area contributed by atoms with Crippen molar-refractivity contribution in [3.8, 4) is 0 Å². The minimum atomic E-state index is -0.230. The zero-order valence-corrected chi connectivity index (χ0v) is 7.55. The summed E-state index contributed by atoms with van der Waals surface area (Å²) in [6, 6.07) is 0.526. The van der Waals surface area contributed by atoms with Gasteiger partial charge in [-0.1, -0.05) is 0 Å². The van der Waals surface area contributed by atoms with Crippen molar-refractivity contribution < 1.29 is 4.79 Å². The first-order valence-corrected chi connectivity index (χ1v) is 4.40. The lowest BCUT2D eigenvalue weighted by molar-refractivity contribution is -0.119. The Morgan fingerprint density at radius 1 is 1.75 bits per heavy atom. The molecule has 70 valence electrons. The number of carbonyl (C=O) groups excluding carboxylic acids is 1. The van der Waals surface area contributed by atoms with E-state index in [1.807, 2.05) is 7.05 Å². The van der Waals surface area contributed by atoms with Gasteiger partial charge in [0.1, 0.15) is 0 Å². The molecule has 1 fully saturated rings. The van der Waals surface area contributed by atoms with Gasteiger partial charge in [0.25, 0.3) is 0 Å². The molecule has 0 spiro atoms. The molecule has 0 bridgehead atoms. The van der Waals surface area contributed by atoms with Crippen LogP contribution in [0.3, 0.4) is 0 Å². The summed E-state index contributed by atoms with van der Waals surface area (Å²) in [7, 11) is 1.96. The van der Waals surface area contributed by atoms with E-state index in [4.69, 9.17) is 5.73 Å². The number of piperidine rings is 1. The van der Waals surface area contributed by atoms with Gasteiger partial charge in [0, 0.05) is 12.6 Å². The summed E-state index contributed by atoms with van der Waals surface area (Å²) < 4.78 is 0. The van der Waals surface area contributed by atoms with Crippen LogP contribution in [0.1, 0.15) is 12.8 Å². The van der Waals surface area contributed by atoms with Gasteiger partial charge in [0.2, 0.25) is 5.91 Å². The number of likely N-dealkylation sites (tertiary alicyclic amines) is 1. The van der Waals surface area contributed by atoms with Crippen molar-refractivity contribution in [2.75, 3.05) is 26.7 Å². The highest BCUT2D eigenvalue weighted by molar-refractivity contribution is 5.75. The lowest BCUT2D eigenvalue weighted by Gasteiger charge is -2.31. The fourth-order valence-electron chi connectivity index (χ4n) is 1.66. The van der Waals surface area contributed by atoms with Gasteiger partial charge in [-0.05, 0) is 26.4 Å². The minimum Gasteiger partial charge on any atom is -0.369 e. The highest BCUT2D eigenvalue weighted by Crippen LogP contribution is 2.08. The van der Waals surface area contributed by atoms with Crippen LogP contribution in [0, 0.1) is 0 Å². The van der Waals surface area contributed by atoms with Gasteiger partial charge in [-0.2, -0.15) is 0 Å². The van der Waals surface area contributed by atoms with Crippen LogP contribution in [-0.2, 0) is 4.79 Å². The van der Waals surface area contributed by atoms with Gasteiger partial charge in [-0.3, -0.25) is 9.69 Å². The second-order valence-electron chi connectivity index (χ2n) is 3.33. The highest BCUT2D eigenvalue weighted by Gasteiger charge is 2.18. The Balaban J connectivity index is 2.30. The normalized spacial score (nSPS) is 25.6. The average Bonchev–Trinajstić information content (AvgIpc) is 2.03. The van der Waals surface area contributed by atoms with E-state index in [-0.39, 0.29) is 5.91 Å². The second-order valence-corrected chi connectivity index (χ2v) is 3.33. The van der Waals surface area contributed by atoms with Crippen molar-refractivity contribution in [3.63, 3.8) is 0 Å². The first-order chi connectivity index (χ1) is 5.72. The molecule has 0 saturated carbocycles. The first-order valence-electron chi connectivity index (χ1n) is 4.40. The standard InChI is InChI=1S/C8H17N3O/c1-10-7-3-2-4-11(5-7)6-8(9)12/h7,10H,2-6H2,1H3,(H2,9,12). The lowest BCUT2D eigenvalue weighted by Crippen LogP contribution is -2.47. The van der Waals surface area contributed by atoms with E-state index >= 15 is 0 Å². The van der Waals surface area contributed by atoms with Crippen LogP contribution in [-0.4, -0.2) is 43.5 Å². The maximum absolute atomic E-state index is 10.6. The number of nitrogens with zero attached hydrogens (tertiary/aromatic N) is 1. The molecule has 1 heterocycles. The van der Waals surface area contributed by atoms with E-state index in [1.165, 1.54) is 6.42 Å². The molecule has 12 heavy (non-hydrogen) atoms. The van der Waals surface area contributed by atoms with E-state index in [1.54, 1.807) is 0 Å². The lowest BCUT2D eigenvalue weighted by atomic mass is 10.1.